The van der Waals surface area contributed by atoms with Gasteiger partial charge in [0, 0.05) is 12.3 Å². The summed E-state index contributed by atoms with van der Waals surface area (Å²) in [5.74, 6) is -1.57. The Balaban J connectivity index is 1.55. The first-order chi connectivity index (χ1) is 19.4. The van der Waals surface area contributed by atoms with Crippen LogP contribution in [0, 0.1) is 5.92 Å². The summed E-state index contributed by atoms with van der Waals surface area (Å²) in [6.07, 6.45) is 3.94. The highest BCUT2D eigenvalue weighted by Gasteiger charge is 2.48. The van der Waals surface area contributed by atoms with E-state index in [1.807, 2.05) is 30.3 Å². The Morgan fingerprint density at radius 1 is 1.05 bits per heavy atom. The third kappa shape index (κ3) is 7.78. The molecule has 3 atom stereocenters. The Labute approximate surface area is 242 Å². The maximum Gasteiger partial charge on any atom is 0.417 e. The van der Waals surface area contributed by atoms with Gasteiger partial charge in [0.25, 0.3) is 0 Å². The molecule has 10 heteroatoms. The van der Waals surface area contributed by atoms with Gasteiger partial charge in [-0.25, -0.2) is 14.5 Å². The van der Waals surface area contributed by atoms with Crippen molar-refractivity contribution in [1.29, 1.82) is 0 Å². The summed E-state index contributed by atoms with van der Waals surface area (Å²) in [7, 11) is 0. The molecule has 0 spiro atoms. The number of cyclic esters (lactones) is 1. The van der Waals surface area contributed by atoms with E-state index in [1.54, 1.807) is 34.6 Å². The molecule has 1 aromatic rings. The van der Waals surface area contributed by atoms with Crippen molar-refractivity contribution in [3.63, 3.8) is 0 Å². The first kappa shape index (κ1) is 30.8. The third-order valence-corrected chi connectivity index (χ3v) is 7.91. The van der Waals surface area contributed by atoms with Crippen molar-refractivity contribution in [3.8, 4) is 0 Å². The minimum absolute atomic E-state index is 0.0230. The van der Waals surface area contributed by atoms with Crippen molar-refractivity contribution in [2.24, 2.45) is 5.92 Å². The lowest BCUT2D eigenvalue weighted by atomic mass is 9.92. The molecule has 1 saturated carbocycles. The molecule has 1 aromatic carbocycles. The second-order valence-corrected chi connectivity index (χ2v) is 12.7. The minimum Gasteiger partial charge on any atom is -0.462 e. The smallest absolute Gasteiger partial charge is 0.417 e. The Kier molecular flexibility index (Phi) is 9.62. The molecule has 226 valence electrons. The number of carbonyl (C=O) groups excluding carboxylic acids is 4. The zero-order valence-electron chi connectivity index (χ0n) is 24.9. The zero-order valence-corrected chi connectivity index (χ0v) is 24.9. The van der Waals surface area contributed by atoms with E-state index >= 15 is 0 Å². The summed E-state index contributed by atoms with van der Waals surface area (Å²) in [6.45, 7) is 9.16. The predicted octanol–water partition coefficient (Wildman–Crippen LogP) is 5.74. The number of rotatable bonds is 8. The standard InChI is InChI=1S/C31H44N2O8/c1-30(2,3)41-29(37)33-23(19-39-31(33,4)5)18-22(16-17-26(34)40-24-14-10-7-11-15-24)27(35)32-25(20-38-28(32)36)21-12-8-6-9-13-21/h6,8-9,12-13,22-25H,7,10-11,14-20H2,1-5H3. The van der Waals surface area contributed by atoms with E-state index in [9.17, 15) is 19.2 Å². The molecule has 1 aliphatic carbocycles. The van der Waals surface area contributed by atoms with E-state index in [4.69, 9.17) is 18.9 Å². The van der Waals surface area contributed by atoms with E-state index in [1.165, 1.54) is 4.90 Å². The lowest BCUT2D eigenvalue weighted by Gasteiger charge is -2.36. The average Bonchev–Trinajstić information content (AvgIpc) is 3.44. The van der Waals surface area contributed by atoms with Crippen LogP contribution >= 0.6 is 0 Å². The first-order valence-electron chi connectivity index (χ1n) is 14.8. The van der Waals surface area contributed by atoms with Gasteiger partial charge in [0.1, 0.15) is 30.1 Å². The van der Waals surface area contributed by atoms with Gasteiger partial charge >= 0.3 is 18.2 Å². The lowest BCUT2D eigenvalue weighted by molar-refractivity contribution is -0.151. The van der Waals surface area contributed by atoms with Gasteiger partial charge in [0.05, 0.1) is 12.6 Å². The molecule has 2 saturated heterocycles. The van der Waals surface area contributed by atoms with Crippen LogP contribution in [0.3, 0.4) is 0 Å². The van der Waals surface area contributed by atoms with Crippen molar-refractivity contribution < 1.29 is 38.1 Å². The largest absolute Gasteiger partial charge is 0.462 e. The molecular weight excluding hydrogens is 528 g/mol. The van der Waals surface area contributed by atoms with Crippen molar-refractivity contribution >= 4 is 24.1 Å². The van der Waals surface area contributed by atoms with Gasteiger partial charge in [-0.2, -0.15) is 0 Å². The molecule has 10 nitrogen and oxygen atoms in total. The number of ether oxygens (including phenoxy) is 4. The summed E-state index contributed by atoms with van der Waals surface area (Å²) < 4.78 is 22.7. The molecule has 2 aliphatic heterocycles. The van der Waals surface area contributed by atoms with Crippen LogP contribution in [0.1, 0.15) is 97.6 Å². The highest BCUT2D eigenvalue weighted by molar-refractivity contribution is 5.95. The van der Waals surface area contributed by atoms with Gasteiger partial charge in [-0.15, -0.1) is 0 Å². The minimum atomic E-state index is -0.959. The number of nitrogens with zero attached hydrogens (tertiary/aromatic N) is 2. The molecule has 3 amide bonds. The zero-order chi connectivity index (χ0) is 29.8. The van der Waals surface area contributed by atoms with Gasteiger partial charge in [-0.1, -0.05) is 36.8 Å². The SMILES string of the molecule is CC(C)(C)OC(=O)N1C(CC(CCC(=O)OC2CCCCC2)C(=O)N2C(=O)OCC2c2ccccc2)COC1(C)C. The fourth-order valence-electron chi connectivity index (χ4n) is 5.91. The van der Waals surface area contributed by atoms with Crippen LogP contribution in [0.2, 0.25) is 0 Å². The first-order valence-corrected chi connectivity index (χ1v) is 14.8. The van der Waals surface area contributed by atoms with Gasteiger partial charge < -0.3 is 18.9 Å². The Morgan fingerprint density at radius 3 is 2.39 bits per heavy atom. The highest BCUT2D eigenvalue weighted by atomic mass is 16.6. The molecule has 0 aromatic heterocycles. The molecule has 0 N–H and O–H groups in total. The Morgan fingerprint density at radius 2 is 1.73 bits per heavy atom. The number of esters is 1. The number of hydrogen-bond donors (Lipinski definition) is 0. The van der Waals surface area contributed by atoms with Gasteiger partial charge in [-0.05, 0) is 78.7 Å². The number of imide groups is 1. The maximum atomic E-state index is 14.1. The second-order valence-electron chi connectivity index (χ2n) is 12.7. The highest BCUT2D eigenvalue weighted by Crippen LogP contribution is 2.36. The Hall–Kier alpha value is -3.14. The van der Waals surface area contributed by atoms with E-state index in [0.717, 1.165) is 42.6 Å². The van der Waals surface area contributed by atoms with E-state index in [-0.39, 0.29) is 44.5 Å². The fourth-order valence-corrected chi connectivity index (χ4v) is 5.91. The number of benzene rings is 1. The van der Waals surface area contributed by atoms with Crippen LogP contribution in [0.5, 0.6) is 0 Å². The van der Waals surface area contributed by atoms with Crippen molar-refractivity contribution in [2.75, 3.05) is 13.2 Å². The summed E-state index contributed by atoms with van der Waals surface area (Å²) in [6, 6.07) is 8.17. The number of carbonyl (C=O) groups is 4. The van der Waals surface area contributed by atoms with E-state index < -0.39 is 47.4 Å². The number of hydrogen-bond acceptors (Lipinski definition) is 8. The van der Waals surface area contributed by atoms with Crippen molar-refractivity contribution in [1.82, 2.24) is 9.80 Å². The summed E-state index contributed by atoms with van der Waals surface area (Å²) in [4.78, 5) is 55.7. The summed E-state index contributed by atoms with van der Waals surface area (Å²) >= 11 is 0. The van der Waals surface area contributed by atoms with Gasteiger partial charge in [-0.3, -0.25) is 14.5 Å². The van der Waals surface area contributed by atoms with E-state index in [2.05, 4.69) is 0 Å². The van der Waals surface area contributed by atoms with Crippen LogP contribution in [-0.2, 0) is 28.5 Å². The predicted molar refractivity (Wildman–Crippen MR) is 150 cm³/mol. The normalized spacial score (nSPS) is 23.7. The Bertz CT molecular complexity index is 1090. The molecule has 41 heavy (non-hydrogen) atoms. The molecule has 3 aliphatic rings. The average molecular weight is 573 g/mol. The van der Waals surface area contributed by atoms with Gasteiger partial charge in [0.15, 0.2) is 0 Å². The quantitative estimate of drug-likeness (QED) is 0.286. The molecule has 0 radical (unpaired) electrons. The molecule has 3 unspecified atom stereocenters. The molecule has 4 rings (SSSR count). The fraction of sp³-hybridized carbons (Fsp3) is 0.677. The van der Waals surface area contributed by atoms with Crippen LogP contribution in [0.4, 0.5) is 9.59 Å². The third-order valence-electron chi connectivity index (χ3n) is 7.91. The lowest BCUT2D eigenvalue weighted by Crippen LogP contribution is -2.51. The van der Waals surface area contributed by atoms with E-state index in [0.29, 0.717) is 0 Å². The summed E-state index contributed by atoms with van der Waals surface area (Å²) in [5, 5.41) is 0. The second kappa shape index (κ2) is 12.8. The molecule has 3 fully saturated rings. The van der Waals surface area contributed by atoms with Crippen LogP contribution in [0.15, 0.2) is 30.3 Å². The maximum absolute atomic E-state index is 14.1. The number of amides is 3. The van der Waals surface area contributed by atoms with Gasteiger partial charge in [0.2, 0.25) is 5.91 Å². The summed E-state index contributed by atoms with van der Waals surface area (Å²) in [5.41, 5.74) is -0.900. The monoisotopic (exact) mass is 572 g/mol. The molecule has 0 bridgehead atoms. The molecular formula is C31H44N2O8. The van der Waals surface area contributed by atoms with Crippen LogP contribution in [-0.4, -0.2) is 70.5 Å². The van der Waals surface area contributed by atoms with Crippen LogP contribution < -0.4 is 0 Å². The van der Waals surface area contributed by atoms with Crippen molar-refractivity contribution in [2.45, 2.75) is 115 Å². The van der Waals surface area contributed by atoms with Crippen molar-refractivity contribution in [3.05, 3.63) is 35.9 Å². The van der Waals surface area contributed by atoms with Crippen LogP contribution in [0.25, 0.3) is 0 Å². The topological polar surface area (TPSA) is 112 Å². The molecule has 2 heterocycles.